The molecule has 0 aliphatic heterocycles. The summed E-state index contributed by atoms with van der Waals surface area (Å²) in [7, 11) is -8.54. The van der Waals surface area contributed by atoms with Crippen molar-refractivity contribution in [3.8, 4) is 0 Å². The SMILES string of the molecule is Cc1ccc(S(=O)(=O)[O-])cc1.Cc1ccc(S(=O)(=O)[O-])cc1.[K+].[Na+]. The second kappa shape index (κ2) is 11.6. The molecule has 0 spiro atoms. The fourth-order valence-corrected chi connectivity index (χ4v) is 2.35. The van der Waals surface area contributed by atoms with Gasteiger partial charge in [0.25, 0.3) is 0 Å². The molecule has 0 saturated heterocycles. The van der Waals surface area contributed by atoms with E-state index in [2.05, 4.69) is 0 Å². The maximum absolute atomic E-state index is 10.4. The summed E-state index contributed by atoms with van der Waals surface area (Å²) >= 11 is 0. The van der Waals surface area contributed by atoms with Crippen molar-refractivity contribution < 1.29 is 107 Å². The monoisotopic (exact) mass is 404 g/mol. The van der Waals surface area contributed by atoms with Crippen molar-refractivity contribution in [2.45, 2.75) is 23.6 Å². The summed E-state index contributed by atoms with van der Waals surface area (Å²) in [5, 5.41) is 0. The Hall–Kier alpha value is 0.896. The summed E-state index contributed by atoms with van der Waals surface area (Å²) in [4.78, 5) is -0.355. The third-order valence-corrected chi connectivity index (χ3v) is 4.32. The molecule has 0 aliphatic carbocycles. The zero-order valence-electron chi connectivity index (χ0n) is 13.9. The van der Waals surface area contributed by atoms with Gasteiger partial charge in [0.2, 0.25) is 0 Å². The molecule has 0 amide bonds. The van der Waals surface area contributed by atoms with Crippen LogP contribution in [0.3, 0.4) is 0 Å². The first-order chi connectivity index (χ1) is 10.00. The zero-order chi connectivity index (χ0) is 17.0. The minimum atomic E-state index is -4.27. The molecule has 6 nitrogen and oxygen atoms in total. The van der Waals surface area contributed by atoms with Gasteiger partial charge in [-0.15, -0.1) is 0 Å². The van der Waals surface area contributed by atoms with Crippen LogP contribution in [0.25, 0.3) is 0 Å². The van der Waals surface area contributed by atoms with Crippen molar-refractivity contribution in [3.05, 3.63) is 59.7 Å². The Morgan fingerprint density at radius 3 is 1.00 bits per heavy atom. The van der Waals surface area contributed by atoms with Crippen LogP contribution in [0.4, 0.5) is 0 Å². The van der Waals surface area contributed by atoms with Gasteiger partial charge in [0.1, 0.15) is 20.2 Å². The number of rotatable bonds is 2. The molecule has 10 heteroatoms. The molecule has 0 unspecified atom stereocenters. The molecular weight excluding hydrogens is 390 g/mol. The van der Waals surface area contributed by atoms with E-state index in [9.17, 15) is 25.9 Å². The first-order valence-electron chi connectivity index (χ1n) is 6.05. The fourth-order valence-electron chi connectivity index (χ4n) is 1.41. The van der Waals surface area contributed by atoms with Gasteiger partial charge in [-0.25, -0.2) is 16.8 Å². The molecule has 0 heterocycles. The molecule has 2 aromatic rings. The Morgan fingerprint density at radius 1 is 0.625 bits per heavy atom. The van der Waals surface area contributed by atoms with Gasteiger partial charge in [-0.2, -0.15) is 0 Å². The third kappa shape index (κ3) is 10.1. The van der Waals surface area contributed by atoms with E-state index in [0.29, 0.717) is 0 Å². The van der Waals surface area contributed by atoms with Gasteiger partial charge in [-0.05, 0) is 38.1 Å². The van der Waals surface area contributed by atoms with Crippen LogP contribution in [0, 0.1) is 13.8 Å². The number of benzene rings is 2. The van der Waals surface area contributed by atoms with Crippen LogP contribution in [-0.4, -0.2) is 25.9 Å². The molecule has 0 N–H and O–H groups in total. The van der Waals surface area contributed by atoms with E-state index in [0.717, 1.165) is 11.1 Å². The molecule has 0 atom stereocenters. The Morgan fingerprint density at radius 2 is 0.833 bits per heavy atom. The zero-order valence-corrected chi connectivity index (χ0v) is 20.6. The molecule has 0 aromatic heterocycles. The van der Waals surface area contributed by atoms with Crippen LogP contribution >= 0.6 is 0 Å². The standard InChI is InChI=1S/2C7H8O3S.K.Na/c2*1-6-2-4-7(5-3-6)11(8,9)10;;/h2*2-5H,1H3,(H,8,9,10);;/q;;2*+1/p-2. The Labute approximate surface area is 207 Å². The third-order valence-electron chi connectivity index (χ3n) is 2.62. The Balaban J connectivity index is 0. The summed E-state index contributed by atoms with van der Waals surface area (Å²) in [6.07, 6.45) is 0. The van der Waals surface area contributed by atoms with E-state index in [1.165, 1.54) is 24.3 Å². The van der Waals surface area contributed by atoms with E-state index in [-0.39, 0.29) is 90.7 Å². The Kier molecular flexibility index (Phi) is 13.1. The quantitative estimate of drug-likeness (QED) is 0.370. The molecule has 0 fully saturated rings. The van der Waals surface area contributed by atoms with E-state index in [4.69, 9.17) is 0 Å². The molecule has 0 saturated carbocycles. The normalized spacial score (nSPS) is 10.5. The van der Waals surface area contributed by atoms with E-state index in [1.54, 1.807) is 24.3 Å². The smallest absolute Gasteiger partial charge is 0.744 e. The van der Waals surface area contributed by atoms with Crippen LogP contribution in [0.1, 0.15) is 11.1 Å². The summed E-state index contributed by atoms with van der Waals surface area (Å²) in [5.74, 6) is 0. The van der Waals surface area contributed by atoms with E-state index >= 15 is 0 Å². The van der Waals surface area contributed by atoms with Crippen molar-refractivity contribution in [1.82, 2.24) is 0 Å². The van der Waals surface area contributed by atoms with Gasteiger partial charge >= 0.3 is 80.9 Å². The first kappa shape index (κ1) is 27.1. The first-order valence-corrected chi connectivity index (χ1v) is 8.87. The molecule has 0 radical (unpaired) electrons. The maximum Gasteiger partial charge on any atom is 1.00 e. The maximum atomic E-state index is 10.4. The minimum absolute atomic E-state index is 0. The van der Waals surface area contributed by atoms with E-state index < -0.39 is 20.2 Å². The van der Waals surface area contributed by atoms with Gasteiger partial charge in [0.15, 0.2) is 0 Å². The van der Waals surface area contributed by atoms with Gasteiger partial charge < -0.3 is 9.11 Å². The van der Waals surface area contributed by atoms with Gasteiger partial charge in [0, 0.05) is 0 Å². The van der Waals surface area contributed by atoms with Crippen molar-refractivity contribution in [2.24, 2.45) is 0 Å². The van der Waals surface area contributed by atoms with Gasteiger partial charge in [-0.3, -0.25) is 0 Å². The van der Waals surface area contributed by atoms with Gasteiger partial charge in [-0.1, -0.05) is 35.4 Å². The average molecular weight is 404 g/mol. The van der Waals surface area contributed by atoms with Crippen LogP contribution in [-0.2, 0) is 20.2 Å². The van der Waals surface area contributed by atoms with Crippen LogP contribution in [0.5, 0.6) is 0 Å². The molecule has 2 aromatic carbocycles. The largest absolute Gasteiger partial charge is 1.00 e. The molecule has 24 heavy (non-hydrogen) atoms. The van der Waals surface area contributed by atoms with Crippen LogP contribution in [0.15, 0.2) is 58.3 Å². The number of aryl methyl sites for hydroxylation is 2. The fraction of sp³-hybridized carbons (Fsp3) is 0.143. The van der Waals surface area contributed by atoms with E-state index in [1.807, 2.05) is 13.8 Å². The predicted molar refractivity (Wildman–Crippen MR) is 78.3 cm³/mol. The van der Waals surface area contributed by atoms with Gasteiger partial charge in [0.05, 0.1) is 9.79 Å². The van der Waals surface area contributed by atoms with Crippen molar-refractivity contribution in [1.29, 1.82) is 0 Å². The van der Waals surface area contributed by atoms with Crippen molar-refractivity contribution in [3.63, 3.8) is 0 Å². The van der Waals surface area contributed by atoms with Crippen molar-refractivity contribution >= 4 is 20.2 Å². The molecular formula is C14H14KNaO6S2. The second-order valence-corrected chi connectivity index (χ2v) is 7.29. The summed E-state index contributed by atoms with van der Waals surface area (Å²) in [6, 6.07) is 11.6. The topological polar surface area (TPSA) is 114 Å². The molecule has 0 bridgehead atoms. The summed E-state index contributed by atoms with van der Waals surface area (Å²) in [6.45, 7) is 3.64. The minimum Gasteiger partial charge on any atom is -0.744 e. The number of hydrogen-bond acceptors (Lipinski definition) is 6. The van der Waals surface area contributed by atoms with Crippen LogP contribution in [0.2, 0.25) is 0 Å². The Bertz CT molecular complexity index is 758. The predicted octanol–water partition coefficient (Wildman–Crippen LogP) is -4.19. The number of hydrogen-bond donors (Lipinski definition) is 0. The summed E-state index contributed by atoms with van der Waals surface area (Å²) < 4.78 is 62.3. The molecule has 2 rings (SSSR count). The molecule has 120 valence electrons. The summed E-state index contributed by atoms with van der Waals surface area (Å²) in [5.41, 5.74) is 1.86. The molecule has 0 aliphatic rings. The second-order valence-electron chi connectivity index (χ2n) is 4.53. The van der Waals surface area contributed by atoms with Crippen LogP contribution < -0.4 is 80.9 Å². The van der Waals surface area contributed by atoms with Crippen molar-refractivity contribution in [2.75, 3.05) is 0 Å². The average Bonchev–Trinajstić information content (AvgIpc) is 2.38.